The van der Waals surface area contributed by atoms with E-state index in [0.29, 0.717) is 55.9 Å². The van der Waals surface area contributed by atoms with E-state index in [9.17, 15) is 39.5 Å². The highest BCUT2D eigenvalue weighted by Crippen LogP contribution is 2.46. The van der Waals surface area contributed by atoms with Crippen LogP contribution in [0.15, 0.2) is 231 Å². The van der Waals surface area contributed by atoms with Crippen molar-refractivity contribution in [2.45, 2.75) is 25.5 Å². The molecule has 0 radical (unpaired) electrons. The average molecular weight is 1090 g/mol. The van der Waals surface area contributed by atoms with E-state index in [-0.39, 0.29) is 17.2 Å². The number of para-hydroxylation sites is 3. The highest BCUT2D eigenvalue weighted by atomic mass is 19.4. The first kappa shape index (κ1) is 50.7. The molecule has 0 spiro atoms. The quantitative estimate of drug-likeness (QED) is 0.142. The summed E-state index contributed by atoms with van der Waals surface area (Å²) < 4.78 is 132. The Morgan fingerprint density at radius 3 is 1.28 bits per heavy atom. The Balaban J connectivity index is 1.06. The number of aryl methyl sites for hydroxylation is 1. The Morgan fingerprint density at radius 2 is 0.728 bits per heavy atom. The zero-order valence-corrected chi connectivity index (χ0v) is 42.6. The number of fused-ring (bicyclic) bond motifs is 6. The van der Waals surface area contributed by atoms with Crippen molar-refractivity contribution >= 4 is 43.6 Å². The van der Waals surface area contributed by atoms with Crippen LogP contribution in [-0.2, 0) is 18.5 Å². The number of halogens is 9. The van der Waals surface area contributed by atoms with Crippen molar-refractivity contribution in [3.05, 3.63) is 253 Å². The molecule has 10 aromatic carbocycles. The van der Waals surface area contributed by atoms with Crippen molar-refractivity contribution in [3.63, 3.8) is 0 Å². The number of rotatable bonds is 8. The van der Waals surface area contributed by atoms with Crippen LogP contribution in [0.5, 0.6) is 0 Å². The van der Waals surface area contributed by atoms with Crippen LogP contribution in [0.2, 0.25) is 0 Å². The van der Waals surface area contributed by atoms with Gasteiger partial charge in [0.1, 0.15) is 0 Å². The van der Waals surface area contributed by atoms with Crippen LogP contribution >= 0.6 is 0 Å². The molecule has 0 unspecified atom stereocenters. The van der Waals surface area contributed by atoms with E-state index in [1.54, 1.807) is 31.2 Å². The number of alkyl halides is 9. The van der Waals surface area contributed by atoms with Crippen LogP contribution in [0.3, 0.4) is 0 Å². The molecule has 0 aliphatic carbocycles. The maximum Gasteiger partial charge on any atom is 0.416 e. The Hall–Kier alpha value is -9.75. The third kappa shape index (κ3) is 9.23. The number of aromatic nitrogens is 4. The molecule has 0 atom stereocenters. The molecule has 0 amide bonds. The first-order valence-electron chi connectivity index (χ1n) is 25.7. The molecule has 0 aliphatic heterocycles. The Labute approximate surface area is 457 Å². The minimum atomic E-state index is -5.04. The van der Waals surface area contributed by atoms with Crippen LogP contribution in [0.1, 0.15) is 22.3 Å². The summed E-state index contributed by atoms with van der Waals surface area (Å²) in [6.07, 6.45) is -14.6. The number of hydrogen-bond donors (Lipinski definition) is 0. The topological polar surface area (TPSA) is 35.6 Å². The molecule has 3 heterocycles. The van der Waals surface area contributed by atoms with Gasteiger partial charge in [0.05, 0.1) is 61.5 Å². The van der Waals surface area contributed by atoms with Crippen molar-refractivity contribution in [1.29, 1.82) is 0 Å². The van der Waals surface area contributed by atoms with Crippen LogP contribution in [0.4, 0.5) is 39.5 Å². The van der Waals surface area contributed by atoms with Gasteiger partial charge in [-0.05, 0) is 126 Å². The van der Waals surface area contributed by atoms with E-state index in [2.05, 4.69) is 15.2 Å². The molecular weight excluding hydrogens is 1040 g/mol. The highest BCUT2D eigenvalue weighted by molar-refractivity contribution is 6.13. The Bertz CT molecular complexity index is 4520. The molecule has 4 nitrogen and oxygen atoms in total. The largest absolute Gasteiger partial charge is 0.416 e. The molecular formula is C68H41F9N4. The average Bonchev–Trinajstić information content (AvgIpc) is 3.57. The summed E-state index contributed by atoms with van der Waals surface area (Å²) in [6.45, 7) is 1.64. The molecule has 396 valence electrons. The third-order valence-corrected chi connectivity index (χ3v) is 14.8. The first-order chi connectivity index (χ1) is 38.9. The molecule has 0 fully saturated rings. The number of nitrogens with zero attached hydrogens (tertiary/aromatic N) is 4. The molecule has 0 saturated carbocycles. The van der Waals surface area contributed by atoms with Crippen molar-refractivity contribution in [2.75, 3.05) is 0 Å². The lowest BCUT2D eigenvalue weighted by atomic mass is 9.96. The minimum Gasteiger partial charge on any atom is -0.309 e. The Kier molecular flexibility index (Phi) is 12.1. The fourth-order valence-electron chi connectivity index (χ4n) is 11.1. The first-order valence-corrected chi connectivity index (χ1v) is 25.7. The summed E-state index contributed by atoms with van der Waals surface area (Å²) >= 11 is 0. The summed E-state index contributed by atoms with van der Waals surface area (Å²) in [4.78, 5) is 10.2. The minimum absolute atomic E-state index is 0.126. The van der Waals surface area contributed by atoms with Crippen LogP contribution < -0.4 is 0 Å². The summed E-state index contributed by atoms with van der Waals surface area (Å²) in [6, 6.07) is 67.0. The van der Waals surface area contributed by atoms with E-state index in [0.717, 1.165) is 79.0 Å². The Morgan fingerprint density at radius 1 is 0.296 bits per heavy atom. The van der Waals surface area contributed by atoms with E-state index < -0.39 is 35.2 Å². The van der Waals surface area contributed by atoms with Gasteiger partial charge in [-0.1, -0.05) is 140 Å². The zero-order valence-electron chi connectivity index (χ0n) is 42.6. The van der Waals surface area contributed by atoms with Crippen LogP contribution in [0, 0.1) is 6.92 Å². The van der Waals surface area contributed by atoms with Gasteiger partial charge in [-0.25, -0.2) is 9.97 Å². The van der Waals surface area contributed by atoms with Crippen LogP contribution in [-0.4, -0.2) is 19.1 Å². The fourth-order valence-corrected chi connectivity index (χ4v) is 11.1. The molecule has 13 heteroatoms. The highest BCUT2D eigenvalue weighted by Gasteiger charge is 2.37. The molecule has 13 aromatic rings. The number of hydrogen-bond acceptors (Lipinski definition) is 2. The molecule has 0 bridgehead atoms. The third-order valence-electron chi connectivity index (χ3n) is 14.8. The van der Waals surface area contributed by atoms with Gasteiger partial charge in [-0.15, -0.1) is 0 Å². The molecule has 3 aromatic heterocycles. The van der Waals surface area contributed by atoms with E-state index in [1.807, 2.05) is 170 Å². The zero-order chi connectivity index (χ0) is 56.0. The maximum atomic E-state index is 14.2. The van der Waals surface area contributed by atoms with Crippen molar-refractivity contribution < 1.29 is 39.5 Å². The van der Waals surface area contributed by atoms with Crippen molar-refractivity contribution in [2.24, 2.45) is 0 Å². The predicted molar refractivity (Wildman–Crippen MR) is 303 cm³/mol. The van der Waals surface area contributed by atoms with Gasteiger partial charge in [0.2, 0.25) is 0 Å². The van der Waals surface area contributed by atoms with E-state index >= 15 is 0 Å². The van der Waals surface area contributed by atoms with Gasteiger partial charge in [0.25, 0.3) is 0 Å². The fraction of sp³-hybridized carbons (Fsp3) is 0.0588. The second kappa shape index (κ2) is 19.3. The summed E-state index contributed by atoms with van der Waals surface area (Å²) in [7, 11) is 0. The summed E-state index contributed by atoms with van der Waals surface area (Å²) in [5.41, 5.74) is 7.54. The molecule has 0 N–H and O–H groups in total. The van der Waals surface area contributed by atoms with Gasteiger partial charge in [-0.3, -0.25) is 0 Å². The molecule has 81 heavy (non-hydrogen) atoms. The van der Waals surface area contributed by atoms with Gasteiger partial charge >= 0.3 is 18.5 Å². The predicted octanol–water partition coefficient (Wildman–Crippen LogP) is 20.0. The van der Waals surface area contributed by atoms with Crippen LogP contribution in [0.25, 0.3) is 122 Å². The number of benzene rings is 10. The van der Waals surface area contributed by atoms with E-state index in [4.69, 9.17) is 9.97 Å². The van der Waals surface area contributed by atoms with E-state index in [1.165, 1.54) is 6.07 Å². The molecule has 13 rings (SSSR count). The van der Waals surface area contributed by atoms with Crippen molar-refractivity contribution in [3.8, 4) is 78.7 Å². The second-order valence-corrected chi connectivity index (χ2v) is 20.0. The lowest BCUT2D eigenvalue weighted by Crippen LogP contribution is -2.11. The van der Waals surface area contributed by atoms with Gasteiger partial charge in [0.15, 0.2) is 5.82 Å². The summed E-state index contributed by atoms with van der Waals surface area (Å²) in [5, 5.41) is 2.96. The lowest BCUT2D eigenvalue weighted by Gasteiger charge is -2.20. The standard InChI is InChI=1S/C68H41F9N4/c1-40-30-46(32-48(31-40)66(69,70)71)43-24-27-63-54(35-43)52-19-9-13-23-61(52)81(63)64-29-26-45(58-39-57(41-14-4-2-5-15-41)78-65(79-58)42-16-6-3-7-17-42)37-56(64)53-20-10-12-22-60(53)80-59-21-11-8-18-51(59)55-36-44(25-28-62(55)80)47-33-49(67(72,73)74)38-50(34-47)68(75,76)77/h2-39H,1H3. The van der Waals surface area contributed by atoms with Gasteiger partial charge in [-0.2, -0.15) is 39.5 Å². The maximum absolute atomic E-state index is 14.2. The second-order valence-electron chi connectivity index (χ2n) is 20.0. The normalized spacial score (nSPS) is 12.3. The molecule has 0 saturated heterocycles. The SMILES string of the molecule is Cc1cc(-c2ccc3c(c2)c2ccccc2n3-c2ccc(-c3cc(-c4ccccc4)nc(-c4ccccc4)n3)cc2-c2ccccc2-n2c3ccccc3c3cc(-c4cc(C(F)(F)F)cc(C(F)(F)F)c4)ccc32)cc(C(F)(F)F)c1. The lowest BCUT2D eigenvalue weighted by molar-refractivity contribution is -0.143. The van der Waals surface area contributed by atoms with Crippen molar-refractivity contribution in [1.82, 2.24) is 19.1 Å². The molecule has 0 aliphatic rings. The smallest absolute Gasteiger partial charge is 0.309 e. The monoisotopic (exact) mass is 1080 g/mol. The summed E-state index contributed by atoms with van der Waals surface area (Å²) in [5.74, 6) is 0.511. The van der Waals surface area contributed by atoms with Gasteiger partial charge < -0.3 is 9.13 Å². The van der Waals surface area contributed by atoms with Gasteiger partial charge in [0, 0.05) is 49.4 Å².